The molecular weight excluding hydrogens is 328 g/mol. The van der Waals surface area contributed by atoms with Crippen molar-refractivity contribution in [1.82, 2.24) is 20.1 Å². The van der Waals surface area contributed by atoms with Crippen LogP contribution in [0.25, 0.3) is 0 Å². The van der Waals surface area contributed by atoms with Crippen LogP contribution in [0.5, 0.6) is 0 Å². The minimum atomic E-state index is -0.827. The number of amides is 1. The molecule has 1 amide bonds. The molecule has 0 bridgehead atoms. The lowest BCUT2D eigenvalue weighted by Crippen LogP contribution is -2.42. The van der Waals surface area contributed by atoms with Crippen LogP contribution in [-0.4, -0.2) is 50.2 Å². The van der Waals surface area contributed by atoms with Gasteiger partial charge in [0.25, 0.3) is 5.91 Å². The molecule has 2 N–H and O–H groups in total. The predicted molar refractivity (Wildman–Crippen MR) is 88.6 cm³/mol. The summed E-state index contributed by atoms with van der Waals surface area (Å²) in [5, 5.41) is 16.5. The van der Waals surface area contributed by atoms with E-state index in [0.717, 1.165) is 22.9 Å². The first-order chi connectivity index (χ1) is 11.6. The standard InChI is InChI=1S/C16H18N4O3S/c21-14(20-7-1-2-13(8-20)15(22)23)12-5-3-11(4-6-12)9-24-16-17-10-18-19-16/h3-6,10,13H,1-2,7-9H2,(H,22,23)(H,17,18,19)/t13-/m0/s1. The summed E-state index contributed by atoms with van der Waals surface area (Å²) in [6.07, 6.45) is 2.83. The van der Waals surface area contributed by atoms with E-state index in [1.54, 1.807) is 17.0 Å². The van der Waals surface area contributed by atoms with Gasteiger partial charge in [0.15, 0.2) is 5.16 Å². The Bertz CT molecular complexity index is 703. The van der Waals surface area contributed by atoms with E-state index in [-0.39, 0.29) is 12.5 Å². The Morgan fingerprint density at radius 1 is 1.33 bits per heavy atom. The van der Waals surface area contributed by atoms with Gasteiger partial charge >= 0.3 is 5.97 Å². The van der Waals surface area contributed by atoms with Gasteiger partial charge in [-0.05, 0) is 30.5 Å². The zero-order chi connectivity index (χ0) is 16.9. The average molecular weight is 346 g/mol. The molecule has 0 saturated carbocycles. The summed E-state index contributed by atoms with van der Waals surface area (Å²) in [7, 11) is 0. The van der Waals surface area contributed by atoms with Crippen molar-refractivity contribution in [2.45, 2.75) is 23.8 Å². The smallest absolute Gasteiger partial charge is 0.308 e. The van der Waals surface area contributed by atoms with Gasteiger partial charge in [0.05, 0.1) is 5.92 Å². The van der Waals surface area contributed by atoms with E-state index in [1.807, 2.05) is 12.1 Å². The molecule has 7 nitrogen and oxygen atoms in total. The fraction of sp³-hybridized carbons (Fsp3) is 0.375. The fourth-order valence-electron chi connectivity index (χ4n) is 2.70. The van der Waals surface area contributed by atoms with Crippen LogP contribution in [0, 0.1) is 5.92 Å². The lowest BCUT2D eigenvalue weighted by atomic mass is 9.97. The van der Waals surface area contributed by atoms with Crippen LogP contribution in [0.1, 0.15) is 28.8 Å². The van der Waals surface area contributed by atoms with Crippen molar-refractivity contribution in [3.63, 3.8) is 0 Å². The lowest BCUT2D eigenvalue weighted by Gasteiger charge is -2.30. The number of hydrogen-bond donors (Lipinski definition) is 2. The quantitative estimate of drug-likeness (QED) is 0.804. The number of nitrogens with zero attached hydrogens (tertiary/aromatic N) is 3. The van der Waals surface area contributed by atoms with E-state index in [9.17, 15) is 9.59 Å². The van der Waals surface area contributed by atoms with Gasteiger partial charge in [0, 0.05) is 24.4 Å². The number of carbonyl (C=O) groups is 2. The van der Waals surface area contributed by atoms with Gasteiger partial charge < -0.3 is 10.0 Å². The van der Waals surface area contributed by atoms with E-state index >= 15 is 0 Å². The van der Waals surface area contributed by atoms with Crippen LogP contribution in [0.2, 0.25) is 0 Å². The van der Waals surface area contributed by atoms with Crippen LogP contribution >= 0.6 is 11.8 Å². The van der Waals surface area contributed by atoms with E-state index < -0.39 is 11.9 Å². The summed E-state index contributed by atoms with van der Waals surface area (Å²) >= 11 is 1.54. The number of hydrogen-bond acceptors (Lipinski definition) is 5. The normalized spacial score (nSPS) is 17.7. The molecule has 1 aliphatic heterocycles. The molecule has 3 rings (SSSR count). The Morgan fingerprint density at radius 3 is 2.79 bits per heavy atom. The second-order valence-corrected chi connectivity index (χ2v) is 6.67. The largest absolute Gasteiger partial charge is 0.481 e. The van der Waals surface area contributed by atoms with E-state index in [4.69, 9.17) is 5.11 Å². The number of carbonyl (C=O) groups excluding carboxylic acids is 1. The molecule has 2 aromatic rings. The molecule has 0 aliphatic carbocycles. The first-order valence-electron chi connectivity index (χ1n) is 7.72. The molecule has 2 heterocycles. The first kappa shape index (κ1) is 16.5. The number of likely N-dealkylation sites (tertiary alicyclic amines) is 1. The van der Waals surface area contributed by atoms with Gasteiger partial charge in [-0.3, -0.25) is 14.7 Å². The zero-order valence-electron chi connectivity index (χ0n) is 13.0. The fourth-order valence-corrected chi connectivity index (χ4v) is 3.44. The van der Waals surface area contributed by atoms with Gasteiger partial charge in [-0.1, -0.05) is 23.9 Å². The Labute approximate surface area is 143 Å². The summed E-state index contributed by atoms with van der Waals surface area (Å²) in [5.41, 5.74) is 1.67. The van der Waals surface area contributed by atoms with Crippen molar-refractivity contribution in [1.29, 1.82) is 0 Å². The SMILES string of the molecule is O=C(O)[C@H]1CCCN(C(=O)c2ccc(CSc3ncn[nH]3)cc2)C1. The molecule has 1 atom stereocenters. The third kappa shape index (κ3) is 3.94. The molecule has 126 valence electrons. The molecule has 1 saturated heterocycles. The molecule has 0 unspecified atom stereocenters. The first-order valence-corrected chi connectivity index (χ1v) is 8.71. The number of nitrogens with one attached hydrogen (secondary N) is 1. The highest BCUT2D eigenvalue weighted by molar-refractivity contribution is 7.98. The molecule has 1 aromatic carbocycles. The summed E-state index contributed by atoms with van der Waals surface area (Å²) in [6.45, 7) is 0.906. The molecule has 0 spiro atoms. The number of benzene rings is 1. The second-order valence-electron chi connectivity index (χ2n) is 5.70. The Balaban J connectivity index is 1.60. The van der Waals surface area contributed by atoms with Crippen molar-refractivity contribution >= 4 is 23.6 Å². The number of aromatic nitrogens is 3. The number of thioether (sulfide) groups is 1. The van der Waals surface area contributed by atoms with Gasteiger partial charge in [-0.15, -0.1) is 0 Å². The maximum absolute atomic E-state index is 12.5. The van der Waals surface area contributed by atoms with Crippen LogP contribution < -0.4 is 0 Å². The predicted octanol–water partition coefficient (Wildman–Crippen LogP) is 2.03. The highest BCUT2D eigenvalue weighted by Gasteiger charge is 2.28. The minimum absolute atomic E-state index is 0.101. The highest BCUT2D eigenvalue weighted by atomic mass is 32.2. The summed E-state index contributed by atoms with van der Waals surface area (Å²) in [4.78, 5) is 29.3. The van der Waals surface area contributed by atoms with E-state index in [1.165, 1.54) is 18.1 Å². The molecular formula is C16H18N4O3S. The Kier molecular flexibility index (Phi) is 5.14. The summed E-state index contributed by atoms with van der Waals surface area (Å²) in [6, 6.07) is 7.41. The molecule has 24 heavy (non-hydrogen) atoms. The molecule has 0 radical (unpaired) electrons. The summed E-state index contributed by atoms with van der Waals surface area (Å²) < 4.78 is 0. The highest BCUT2D eigenvalue weighted by Crippen LogP contribution is 2.21. The van der Waals surface area contributed by atoms with Crippen LogP contribution in [0.4, 0.5) is 0 Å². The monoisotopic (exact) mass is 346 g/mol. The average Bonchev–Trinajstić information content (AvgIpc) is 3.13. The number of carboxylic acid groups (broad SMARTS) is 1. The van der Waals surface area contributed by atoms with Crippen molar-refractivity contribution in [3.8, 4) is 0 Å². The van der Waals surface area contributed by atoms with Gasteiger partial charge in [-0.25, -0.2) is 4.98 Å². The number of rotatable bonds is 5. The minimum Gasteiger partial charge on any atom is -0.481 e. The lowest BCUT2D eigenvalue weighted by molar-refractivity contribution is -0.143. The maximum Gasteiger partial charge on any atom is 0.308 e. The van der Waals surface area contributed by atoms with Crippen LogP contribution in [-0.2, 0) is 10.5 Å². The summed E-state index contributed by atoms with van der Waals surface area (Å²) in [5.74, 6) is -0.656. The van der Waals surface area contributed by atoms with Crippen molar-refractivity contribution in [3.05, 3.63) is 41.7 Å². The maximum atomic E-state index is 12.5. The van der Waals surface area contributed by atoms with Crippen molar-refractivity contribution in [2.75, 3.05) is 13.1 Å². The van der Waals surface area contributed by atoms with Gasteiger partial charge in [-0.2, -0.15) is 5.10 Å². The number of aromatic amines is 1. The molecule has 1 aliphatic rings. The molecule has 1 aromatic heterocycles. The van der Waals surface area contributed by atoms with E-state index in [0.29, 0.717) is 18.5 Å². The van der Waals surface area contributed by atoms with Crippen molar-refractivity contribution in [2.24, 2.45) is 5.92 Å². The third-order valence-electron chi connectivity index (χ3n) is 4.03. The van der Waals surface area contributed by atoms with Crippen molar-refractivity contribution < 1.29 is 14.7 Å². The molecule has 8 heteroatoms. The third-order valence-corrected chi connectivity index (χ3v) is 4.98. The van der Waals surface area contributed by atoms with Gasteiger partial charge in [0.2, 0.25) is 0 Å². The second kappa shape index (κ2) is 7.48. The van der Waals surface area contributed by atoms with Crippen LogP contribution in [0.15, 0.2) is 35.7 Å². The number of H-pyrrole nitrogens is 1. The molecule has 1 fully saturated rings. The van der Waals surface area contributed by atoms with Crippen LogP contribution in [0.3, 0.4) is 0 Å². The number of piperidine rings is 1. The number of carboxylic acids is 1. The Hall–Kier alpha value is -2.35. The Morgan fingerprint density at radius 2 is 2.12 bits per heavy atom. The number of aliphatic carboxylic acids is 1. The topological polar surface area (TPSA) is 99.2 Å². The van der Waals surface area contributed by atoms with E-state index in [2.05, 4.69) is 15.2 Å². The zero-order valence-corrected chi connectivity index (χ0v) is 13.8. The van der Waals surface area contributed by atoms with Gasteiger partial charge in [0.1, 0.15) is 6.33 Å².